The molecule has 1 radical (unpaired) electrons. The first-order valence-electron chi connectivity index (χ1n) is 7.18. The van der Waals surface area contributed by atoms with Gasteiger partial charge in [-0.25, -0.2) is 5.11 Å². The lowest BCUT2D eigenvalue weighted by Crippen LogP contribution is -2.34. The molecule has 0 N–H and O–H groups in total. The Hall–Kier alpha value is -0.0400. The maximum atomic E-state index is 11.4. The Kier molecular flexibility index (Phi) is 5.82. The van der Waals surface area contributed by atoms with Gasteiger partial charge in [-0.2, -0.15) is 0 Å². The van der Waals surface area contributed by atoms with Gasteiger partial charge in [0, 0.05) is 0 Å². The second-order valence-electron chi connectivity index (χ2n) is 6.21. The average molecular weight is 225 g/mol. The highest BCUT2D eigenvalue weighted by Crippen LogP contribution is 2.42. The maximum Gasteiger partial charge on any atom is 0.0853 e. The average Bonchev–Trinajstić information content (AvgIpc) is 2.25. The van der Waals surface area contributed by atoms with Crippen molar-refractivity contribution in [1.82, 2.24) is 0 Å². The Morgan fingerprint density at radius 3 is 2.38 bits per heavy atom. The molecule has 4 atom stereocenters. The first-order valence-corrected chi connectivity index (χ1v) is 7.18. The molecule has 0 bridgehead atoms. The number of hydrogen-bond acceptors (Lipinski definition) is 0. The van der Waals surface area contributed by atoms with Gasteiger partial charge in [0.25, 0.3) is 0 Å². The largest absolute Gasteiger partial charge is 0.236 e. The van der Waals surface area contributed by atoms with Crippen molar-refractivity contribution in [3.8, 4) is 0 Å². The van der Waals surface area contributed by atoms with Crippen molar-refractivity contribution in [1.29, 1.82) is 0 Å². The zero-order chi connectivity index (χ0) is 12.1. The summed E-state index contributed by atoms with van der Waals surface area (Å²) in [6.07, 6.45) is 6.34. The molecule has 1 fully saturated rings. The topological polar surface area (TPSA) is 19.9 Å². The molecule has 0 heterocycles. The van der Waals surface area contributed by atoms with Crippen molar-refractivity contribution < 1.29 is 5.11 Å². The molecule has 1 aliphatic rings. The molecule has 0 aliphatic heterocycles. The van der Waals surface area contributed by atoms with Crippen LogP contribution in [0.15, 0.2) is 0 Å². The van der Waals surface area contributed by atoms with Crippen LogP contribution in [-0.2, 0) is 5.11 Å². The molecule has 1 rings (SSSR count). The van der Waals surface area contributed by atoms with E-state index < -0.39 is 0 Å². The minimum atomic E-state index is 0.147. The van der Waals surface area contributed by atoms with Gasteiger partial charge >= 0.3 is 0 Å². The SMILES string of the molecule is CCCC(C[O])C1CC(C)CCC1C(C)C. The van der Waals surface area contributed by atoms with Gasteiger partial charge < -0.3 is 0 Å². The molecule has 0 amide bonds. The third-order valence-corrected chi connectivity index (χ3v) is 4.55. The summed E-state index contributed by atoms with van der Waals surface area (Å²) < 4.78 is 0. The highest BCUT2D eigenvalue weighted by Gasteiger charge is 2.35. The van der Waals surface area contributed by atoms with Crippen molar-refractivity contribution in [2.24, 2.45) is 29.6 Å². The lowest BCUT2D eigenvalue weighted by atomic mass is 9.65. The van der Waals surface area contributed by atoms with Gasteiger partial charge in [0.05, 0.1) is 6.61 Å². The molecule has 0 aromatic heterocycles. The van der Waals surface area contributed by atoms with E-state index in [0.717, 1.165) is 24.2 Å². The molecular weight excluding hydrogens is 196 g/mol. The molecule has 16 heavy (non-hydrogen) atoms. The van der Waals surface area contributed by atoms with E-state index in [4.69, 9.17) is 0 Å². The van der Waals surface area contributed by atoms with Crippen LogP contribution in [-0.4, -0.2) is 6.61 Å². The van der Waals surface area contributed by atoms with Gasteiger partial charge in [-0.3, -0.25) is 0 Å². The summed E-state index contributed by atoms with van der Waals surface area (Å²) in [5.74, 6) is 3.55. The van der Waals surface area contributed by atoms with Crippen molar-refractivity contribution in [2.75, 3.05) is 6.61 Å². The molecule has 1 aliphatic carbocycles. The van der Waals surface area contributed by atoms with Gasteiger partial charge in [0.2, 0.25) is 0 Å². The molecule has 1 nitrogen and oxygen atoms in total. The van der Waals surface area contributed by atoms with Crippen LogP contribution in [0.3, 0.4) is 0 Å². The first-order chi connectivity index (χ1) is 7.60. The molecule has 0 spiro atoms. The Bertz CT molecular complexity index is 188. The predicted molar refractivity (Wildman–Crippen MR) is 68.8 cm³/mol. The molecule has 1 saturated carbocycles. The third-order valence-electron chi connectivity index (χ3n) is 4.55. The second-order valence-corrected chi connectivity index (χ2v) is 6.21. The van der Waals surface area contributed by atoms with Crippen molar-refractivity contribution in [3.05, 3.63) is 0 Å². The zero-order valence-electron chi connectivity index (χ0n) is 11.5. The van der Waals surface area contributed by atoms with Gasteiger partial charge in [-0.05, 0) is 48.9 Å². The van der Waals surface area contributed by atoms with E-state index >= 15 is 0 Å². The Morgan fingerprint density at radius 1 is 1.19 bits per heavy atom. The van der Waals surface area contributed by atoms with Crippen molar-refractivity contribution >= 4 is 0 Å². The summed E-state index contributed by atoms with van der Waals surface area (Å²) >= 11 is 0. The Morgan fingerprint density at radius 2 is 1.88 bits per heavy atom. The van der Waals surface area contributed by atoms with E-state index in [1.807, 2.05) is 0 Å². The van der Waals surface area contributed by atoms with Gasteiger partial charge in [0.1, 0.15) is 0 Å². The lowest BCUT2D eigenvalue weighted by Gasteiger charge is -2.41. The van der Waals surface area contributed by atoms with Gasteiger partial charge in [-0.1, -0.05) is 40.5 Å². The van der Waals surface area contributed by atoms with E-state index in [-0.39, 0.29) is 6.61 Å². The molecule has 0 saturated heterocycles. The predicted octanol–water partition coefficient (Wildman–Crippen LogP) is 4.54. The summed E-state index contributed by atoms with van der Waals surface area (Å²) in [6, 6.07) is 0. The van der Waals surface area contributed by atoms with Crippen LogP contribution in [0, 0.1) is 29.6 Å². The molecule has 0 aromatic rings. The zero-order valence-corrected chi connectivity index (χ0v) is 11.5. The van der Waals surface area contributed by atoms with E-state index in [1.54, 1.807) is 0 Å². The fraction of sp³-hybridized carbons (Fsp3) is 1.00. The summed E-state index contributed by atoms with van der Waals surface area (Å²) in [7, 11) is 0. The summed E-state index contributed by atoms with van der Waals surface area (Å²) in [5.41, 5.74) is 0. The standard InChI is InChI=1S/C15H29O/c1-5-6-13(10-16)15-9-12(4)7-8-14(15)11(2)3/h11-15H,5-10H2,1-4H3. The molecule has 1 heteroatoms. The number of hydrogen-bond donors (Lipinski definition) is 0. The molecular formula is C15H29O. The fourth-order valence-corrected chi connectivity index (χ4v) is 3.61. The smallest absolute Gasteiger partial charge is 0.0853 e. The summed E-state index contributed by atoms with van der Waals surface area (Å²) in [4.78, 5) is 0. The van der Waals surface area contributed by atoms with Crippen molar-refractivity contribution in [3.63, 3.8) is 0 Å². The van der Waals surface area contributed by atoms with E-state index in [2.05, 4.69) is 27.7 Å². The van der Waals surface area contributed by atoms with Crippen LogP contribution in [0.4, 0.5) is 0 Å². The van der Waals surface area contributed by atoms with Crippen LogP contribution in [0.25, 0.3) is 0 Å². The van der Waals surface area contributed by atoms with Crippen LogP contribution >= 0.6 is 0 Å². The minimum absolute atomic E-state index is 0.147. The molecule has 0 aromatic carbocycles. The lowest BCUT2D eigenvalue weighted by molar-refractivity contribution is 0.0315. The highest BCUT2D eigenvalue weighted by molar-refractivity contribution is 4.84. The van der Waals surface area contributed by atoms with E-state index in [9.17, 15) is 5.11 Å². The van der Waals surface area contributed by atoms with Gasteiger partial charge in [-0.15, -0.1) is 0 Å². The summed E-state index contributed by atoms with van der Waals surface area (Å²) in [5, 5.41) is 11.4. The Balaban J connectivity index is 2.68. The van der Waals surface area contributed by atoms with Crippen LogP contribution in [0.1, 0.15) is 59.8 Å². The third kappa shape index (κ3) is 3.48. The van der Waals surface area contributed by atoms with Gasteiger partial charge in [0.15, 0.2) is 0 Å². The quantitative estimate of drug-likeness (QED) is 0.654. The number of rotatable bonds is 5. The van der Waals surface area contributed by atoms with Crippen LogP contribution in [0.5, 0.6) is 0 Å². The second kappa shape index (κ2) is 6.64. The van der Waals surface area contributed by atoms with Crippen LogP contribution in [0.2, 0.25) is 0 Å². The van der Waals surface area contributed by atoms with Crippen LogP contribution < -0.4 is 0 Å². The van der Waals surface area contributed by atoms with Crippen molar-refractivity contribution in [2.45, 2.75) is 59.8 Å². The maximum absolute atomic E-state index is 11.4. The minimum Gasteiger partial charge on any atom is -0.236 e. The normalized spacial score (nSPS) is 33.0. The molecule has 4 unspecified atom stereocenters. The summed E-state index contributed by atoms with van der Waals surface area (Å²) in [6.45, 7) is 9.38. The fourth-order valence-electron chi connectivity index (χ4n) is 3.61. The van der Waals surface area contributed by atoms with E-state index in [0.29, 0.717) is 11.8 Å². The molecule has 95 valence electrons. The Labute approximate surface area is 102 Å². The first kappa shape index (κ1) is 14.0. The highest BCUT2D eigenvalue weighted by atomic mass is 16.3. The monoisotopic (exact) mass is 225 g/mol. The van der Waals surface area contributed by atoms with E-state index in [1.165, 1.54) is 25.7 Å².